The smallest absolute Gasteiger partial charge is 0.416 e. The maximum absolute atomic E-state index is 14.2. The molecule has 32 heteroatoms. The Kier molecular flexibility index (Phi) is 17.3. The van der Waals surface area contributed by atoms with Gasteiger partial charge in [-0.2, -0.15) is 132 Å². The number of carbonyl (C=O) groups is 2. The molecule has 79 heavy (non-hydrogen) atoms. The third kappa shape index (κ3) is 15.0. The number of alkyl halides is 24. The van der Waals surface area contributed by atoms with Crippen molar-refractivity contribution < 1.29 is 124 Å². The van der Waals surface area contributed by atoms with Gasteiger partial charge in [0.1, 0.15) is 6.15 Å². The van der Waals surface area contributed by atoms with Crippen LogP contribution >= 0.6 is 0 Å². The number of Topliss-reactive ketones (excluding diaryl/α,β-unsaturated/α-hetero) is 1. The molecule has 0 aliphatic heterocycles. The van der Waals surface area contributed by atoms with E-state index < -0.39 is 201 Å². The molecule has 1 aromatic heterocycles. The second-order valence-electron chi connectivity index (χ2n) is 16.6. The van der Waals surface area contributed by atoms with E-state index in [1.807, 2.05) is 6.07 Å². The van der Waals surface area contributed by atoms with Crippen LogP contribution in [0.5, 0.6) is 0 Å². The minimum atomic E-state index is -6.13. The predicted octanol–water partition coefficient (Wildman–Crippen LogP) is 13.5. The molecule has 422 valence electrons. The first-order valence-corrected chi connectivity index (χ1v) is 21.1. The van der Waals surface area contributed by atoms with Gasteiger partial charge in [-0.05, 0) is 29.8 Å². The molecule has 0 saturated carbocycles. The van der Waals surface area contributed by atoms with Crippen molar-refractivity contribution in [1.29, 1.82) is 0 Å². The number of azide groups is 1. The van der Waals surface area contributed by atoms with Crippen LogP contribution in [0.1, 0.15) is 65.2 Å². The Hall–Kier alpha value is -7.92. The molecule has 0 aliphatic rings. The van der Waals surface area contributed by atoms with Crippen LogP contribution in [0.15, 0.2) is 133 Å². The first kappa shape index (κ1) is 61.9. The Morgan fingerprint density at radius 1 is 0.418 bits per heavy atom. The minimum Gasteiger partial charge on any atom is -0.456 e. The summed E-state index contributed by atoms with van der Waals surface area (Å²) in [6.07, 6.45) is -51.6. The Balaban J connectivity index is 0.000000433. The standard InChI is InChI=1S/C32H12BF24.C15H13N4O3/c34-25(35,36)13-1-14(26(37,38)39)6-21(5-13)33(22-7-15(27(40,41)42)2-16(8-22)28(43,44)45,23-9-17(29(46,47)48)3-18(10-23)30(49,50)51)24-11-19(31(52,53)54)4-20(12-24)32(55,56)57;16-18-17-11-22-15(21)13-6-8-19(9-7-13)10-14(20)12-4-2-1-3-5-12/h1-12H;1-9H,10-11H2/q-1;+1. The van der Waals surface area contributed by atoms with Crippen LogP contribution in [0.25, 0.3) is 10.4 Å². The number of nitrogens with zero attached hydrogens (tertiary/aromatic N) is 4. The van der Waals surface area contributed by atoms with Crippen LogP contribution in [0, 0.1) is 0 Å². The van der Waals surface area contributed by atoms with E-state index in [2.05, 4.69) is 10.0 Å². The van der Waals surface area contributed by atoms with Gasteiger partial charge in [-0.1, -0.05) is 84.0 Å². The van der Waals surface area contributed by atoms with Gasteiger partial charge in [0.2, 0.25) is 12.3 Å². The van der Waals surface area contributed by atoms with Crippen LogP contribution in [0.4, 0.5) is 105 Å². The third-order valence-electron chi connectivity index (χ3n) is 11.3. The van der Waals surface area contributed by atoms with Gasteiger partial charge in [0, 0.05) is 22.6 Å². The van der Waals surface area contributed by atoms with Crippen molar-refractivity contribution in [2.24, 2.45) is 5.11 Å². The van der Waals surface area contributed by atoms with Gasteiger partial charge in [-0.3, -0.25) is 4.79 Å². The molecule has 6 rings (SSSR count). The average Bonchev–Trinajstić information content (AvgIpc) is 3.36. The molecule has 0 spiro atoms. The Labute approximate surface area is 425 Å². The fourth-order valence-electron chi connectivity index (χ4n) is 7.85. The predicted molar refractivity (Wildman–Crippen MR) is 227 cm³/mol. The summed E-state index contributed by atoms with van der Waals surface area (Å²) in [5.74, 6) is -0.613. The van der Waals surface area contributed by atoms with Gasteiger partial charge in [0.05, 0.1) is 50.1 Å². The second kappa shape index (κ2) is 22.1. The zero-order chi connectivity index (χ0) is 59.7. The SMILES string of the molecule is FC(F)(F)c1cc([B-](c2cc(C(F)(F)F)cc(C(F)(F)F)c2)(c2cc(C(F)(F)F)cc(C(F)(F)F)c2)c2cc(C(F)(F)F)cc(C(F)(F)F)c2)cc(C(F)(F)F)c1.[N-]=[N+]=NCOC(=O)c1cc[n+](CC(=O)c2ccccc2)cc1. The number of aromatic nitrogens is 1. The average molecular weight is 1160 g/mol. The number of hydrogen-bond donors (Lipinski definition) is 0. The molecule has 0 atom stereocenters. The van der Waals surface area contributed by atoms with E-state index in [1.54, 1.807) is 41.2 Å². The van der Waals surface area contributed by atoms with E-state index in [0.29, 0.717) is 11.1 Å². The lowest BCUT2D eigenvalue weighted by Gasteiger charge is -2.46. The van der Waals surface area contributed by atoms with E-state index in [9.17, 15) is 115 Å². The summed E-state index contributed by atoms with van der Waals surface area (Å²) in [5.41, 5.74) is -21.2. The van der Waals surface area contributed by atoms with Crippen molar-refractivity contribution in [1.82, 2.24) is 0 Å². The molecule has 0 radical (unpaired) electrons. The van der Waals surface area contributed by atoms with Crippen molar-refractivity contribution in [3.8, 4) is 0 Å². The number of pyridine rings is 1. The molecular formula is C47H25BF24N4O3. The molecule has 0 unspecified atom stereocenters. The molecule has 7 nitrogen and oxygen atoms in total. The summed E-state index contributed by atoms with van der Waals surface area (Å²) in [6, 6.07) is 3.24. The zero-order valence-electron chi connectivity index (χ0n) is 38.2. The first-order valence-electron chi connectivity index (χ1n) is 21.1. The maximum Gasteiger partial charge on any atom is 0.416 e. The summed E-state index contributed by atoms with van der Waals surface area (Å²) in [5, 5.41) is 3.12. The molecule has 0 fully saturated rings. The first-order chi connectivity index (χ1) is 36.0. The van der Waals surface area contributed by atoms with E-state index in [0.717, 1.165) is 0 Å². The molecule has 5 aromatic carbocycles. The molecule has 6 aromatic rings. The molecule has 0 N–H and O–H groups in total. The summed E-state index contributed by atoms with van der Waals surface area (Å²) < 4.78 is 347. The minimum absolute atomic E-state index is 0.0238. The van der Waals surface area contributed by atoms with Gasteiger partial charge in [0.15, 0.2) is 19.1 Å². The Morgan fingerprint density at radius 3 is 0.924 bits per heavy atom. The van der Waals surface area contributed by atoms with Crippen LogP contribution in [0.3, 0.4) is 0 Å². The zero-order valence-corrected chi connectivity index (χ0v) is 38.2. The van der Waals surface area contributed by atoms with Gasteiger partial charge >= 0.3 is 55.4 Å². The largest absolute Gasteiger partial charge is 0.456 e. The topological polar surface area (TPSA) is 96.0 Å². The fourth-order valence-corrected chi connectivity index (χ4v) is 7.85. The van der Waals surface area contributed by atoms with E-state index >= 15 is 0 Å². The van der Waals surface area contributed by atoms with E-state index in [1.165, 1.54) is 12.1 Å². The van der Waals surface area contributed by atoms with Crippen LogP contribution < -0.4 is 26.4 Å². The van der Waals surface area contributed by atoms with E-state index in [4.69, 9.17) is 10.3 Å². The van der Waals surface area contributed by atoms with E-state index in [-0.39, 0.29) is 19.1 Å². The highest BCUT2D eigenvalue weighted by atomic mass is 19.4. The van der Waals surface area contributed by atoms with Crippen molar-refractivity contribution in [3.05, 3.63) is 194 Å². The highest BCUT2D eigenvalue weighted by Crippen LogP contribution is 2.41. The number of ketones is 1. The summed E-state index contributed by atoms with van der Waals surface area (Å²) in [4.78, 5) is 26.1. The Bertz CT molecular complexity index is 2810. The lowest BCUT2D eigenvalue weighted by Crippen LogP contribution is -2.75. The fraction of sp³-hybridized carbons (Fsp3) is 0.213. The summed E-state index contributed by atoms with van der Waals surface area (Å²) >= 11 is 0. The number of hydrogen-bond acceptors (Lipinski definition) is 4. The number of rotatable bonds is 10. The van der Waals surface area contributed by atoms with Crippen LogP contribution in [0.2, 0.25) is 0 Å². The molecular weight excluding hydrogens is 1140 g/mol. The quantitative estimate of drug-likeness (QED) is 0.0200. The maximum atomic E-state index is 14.2. The number of carbonyl (C=O) groups excluding carboxylic acids is 2. The highest BCUT2D eigenvalue weighted by molar-refractivity contribution is 7.20. The normalized spacial score (nSPS) is 13.0. The molecule has 0 aliphatic carbocycles. The van der Waals surface area contributed by atoms with Crippen LogP contribution in [-0.2, 0) is 60.7 Å². The lowest BCUT2D eigenvalue weighted by atomic mass is 9.12. The monoisotopic (exact) mass is 1160 g/mol. The number of benzene rings is 5. The second-order valence-corrected chi connectivity index (χ2v) is 16.6. The Morgan fingerprint density at radius 2 is 0.684 bits per heavy atom. The molecule has 0 bridgehead atoms. The van der Waals surface area contributed by atoms with Crippen molar-refractivity contribution in [2.45, 2.75) is 56.0 Å². The third-order valence-corrected chi connectivity index (χ3v) is 11.3. The molecule has 1 heterocycles. The van der Waals surface area contributed by atoms with Crippen molar-refractivity contribution in [3.63, 3.8) is 0 Å². The molecule has 0 saturated heterocycles. The summed E-state index contributed by atoms with van der Waals surface area (Å²) in [6.45, 7) is -0.172. The number of halogens is 24. The van der Waals surface area contributed by atoms with Gasteiger partial charge < -0.3 is 4.74 Å². The van der Waals surface area contributed by atoms with Crippen molar-refractivity contribution >= 4 is 39.7 Å². The number of esters is 1. The van der Waals surface area contributed by atoms with Gasteiger partial charge in [0.25, 0.3) is 0 Å². The lowest BCUT2D eigenvalue weighted by molar-refractivity contribution is -0.683. The van der Waals surface area contributed by atoms with Gasteiger partial charge in [-0.25, -0.2) is 4.79 Å². The highest BCUT2D eigenvalue weighted by Gasteiger charge is 2.47. The molecule has 0 amide bonds. The number of ether oxygens (including phenoxy) is 1. The van der Waals surface area contributed by atoms with Crippen LogP contribution in [-0.4, -0.2) is 24.6 Å². The van der Waals surface area contributed by atoms with Gasteiger partial charge in [-0.15, -0.1) is 0 Å². The van der Waals surface area contributed by atoms with Crippen molar-refractivity contribution in [2.75, 3.05) is 6.73 Å². The summed E-state index contributed by atoms with van der Waals surface area (Å²) in [7, 11) is 0.